The molecule has 4 rings (SSSR count). The van der Waals surface area contributed by atoms with Crippen LogP contribution < -0.4 is 15.5 Å². The first kappa shape index (κ1) is 30.2. The van der Waals surface area contributed by atoms with Crippen LogP contribution in [0.4, 0.5) is 35.0 Å². The average molecular weight is 576 g/mol. The van der Waals surface area contributed by atoms with Crippen LogP contribution in [0.25, 0.3) is 0 Å². The number of morpholine rings is 1. The van der Waals surface area contributed by atoms with Gasteiger partial charge >= 0.3 is 12.2 Å². The van der Waals surface area contributed by atoms with Crippen LogP contribution in [-0.2, 0) is 15.7 Å². The van der Waals surface area contributed by atoms with Crippen LogP contribution in [0.2, 0.25) is 0 Å². The second kappa shape index (κ2) is 13.2. The third-order valence-corrected chi connectivity index (χ3v) is 6.97. The van der Waals surface area contributed by atoms with Gasteiger partial charge in [0.05, 0.1) is 24.3 Å². The summed E-state index contributed by atoms with van der Waals surface area (Å²) in [6.45, 7) is 7.43. The molecule has 2 saturated heterocycles. The molecule has 41 heavy (non-hydrogen) atoms. The Bertz CT molecular complexity index is 1250. The molecular weight excluding hydrogens is 539 g/mol. The lowest BCUT2D eigenvalue weighted by atomic mass is 10.1. The molecule has 2 fully saturated rings. The number of alkyl halides is 3. The Morgan fingerprint density at radius 1 is 0.878 bits per heavy atom. The van der Waals surface area contributed by atoms with Gasteiger partial charge in [-0.3, -0.25) is 9.59 Å². The average Bonchev–Trinajstić information content (AvgIpc) is 3.19. The van der Waals surface area contributed by atoms with Crippen LogP contribution in [0.3, 0.4) is 0 Å². The van der Waals surface area contributed by atoms with Gasteiger partial charge in [-0.2, -0.15) is 13.2 Å². The van der Waals surface area contributed by atoms with Gasteiger partial charge in [0.1, 0.15) is 0 Å². The molecule has 0 atom stereocenters. The number of anilines is 3. The summed E-state index contributed by atoms with van der Waals surface area (Å²) in [5.74, 6) is -0.101. The molecule has 222 valence electrons. The van der Waals surface area contributed by atoms with Crippen molar-refractivity contribution in [2.75, 3.05) is 68.0 Å². The molecule has 0 radical (unpaired) electrons. The maximum Gasteiger partial charge on any atom is 0.416 e. The van der Waals surface area contributed by atoms with Gasteiger partial charge in [0.15, 0.2) is 0 Å². The number of amides is 4. The highest BCUT2D eigenvalue weighted by atomic mass is 19.4. The van der Waals surface area contributed by atoms with Crippen molar-refractivity contribution in [2.24, 2.45) is 5.92 Å². The van der Waals surface area contributed by atoms with Crippen molar-refractivity contribution >= 4 is 34.9 Å². The van der Waals surface area contributed by atoms with Gasteiger partial charge < -0.3 is 30.1 Å². The number of benzene rings is 2. The number of carbonyl (C=O) groups is 3. The molecule has 0 saturated carbocycles. The topological polar surface area (TPSA) is 94.2 Å². The predicted molar refractivity (Wildman–Crippen MR) is 150 cm³/mol. The number of nitrogens with one attached hydrogen (secondary N) is 2. The SMILES string of the molecule is CC(C)CC(=O)Nc1ccc(N2CCCN(C(=O)Nc3cccc(C(F)(F)F)c3)CC2)c(C(=O)N2CCOCC2)c1. The minimum absolute atomic E-state index is 0.0689. The van der Waals surface area contributed by atoms with Crippen molar-refractivity contribution in [3.8, 4) is 0 Å². The van der Waals surface area contributed by atoms with E-state index in [0.29, 0.717) is 82.3 Å². The summed E-state index contributed by atoms with van der Waals surface area (Å²) >= 11 is 0. The highest BCUT2D eigenvalue weighted by Gasteiger charge is 2.31. The van der Waals surface area contributed by atoms with E-state index < -0.39 is 17.8 Å². The second-order valence-corrected chi connectivity index (χ2v) is 10.6. The van der Waals surface area contributed by atoms with Gasteiger partial charge in [-0.25, -0.2) is 4.79 Å². The van der Waals surface area contributed by atoms with Crippen molar-refractivity contribution < 1.29 is 32.3 Å². The maximum atomic E-state index is 13.6. The van der Waals surface area contributed by atoms with Crippen molar-refractivity contribution in [1.82, 2.24) is 9.80 Å². The fraction of sp³-hybridized carbons (Fsp3) is 0.483. The van der Waals surface area contributed by atoms with Gasteiger partial charge in [0, 0.05) is 62.8 Å². The lowest BCUT2D eigenvalue weighted by molar-refractivity contribution is -0.137. The van der Waals surface area contributed by atoms with E-state index in [9.17, 15) is 27.6 Å². The summed E-state index contributed by atoms with van der Waals surface area (Å²) in [4.78, 5) is 44.3. The standard InChI is InChI=1S/C29H36F3N5O4/c1-20(2)17-26(38)33-23-7-8-25(24(19-23)27(39)36-13-15-41-16-14-36)35-9-4-10-37(12-11-35)28(40)34-22-6-3-5-21(18-22)29(30,31)32/h3,5-8,18-20H,4,9-17H2,1-2H3,(H,33,38)(H,34,40). The fourth-order valence-electron chi connectivity index (χ4n) is 4.92. The normalized spacial score (nSPS) is 16.4. The molecule has 2 heterocycles. The predicted octanol–water partition coefficient (Wildman–Crippen LogP) is 4.91. The Kier molecular flexibility index (Phi) is 9.74. The van der Waals surface area contributed by atoms with E-state index in [-0.39, 0.29) is 23.4 Å². The quantitative estimate of drug-likeness (QED) is 0.511. The van der Waals surface area contributed by atoms with E-state index in [1.165, 1.54) is 12.1 Å². The van der Waals surface area contributed by atoms with E-state index in [2.05, 4.69) is 10.6 Å². The molecular formula is C29H36F3N5O4. The van der Waals surface area contributed by atoms with E-state index in [0.717, 1.165) is 12.1 Å². The number of hydrogen-bond acceptors (Lipinski definition) is 5. The zero-order valence-electron chi connectivity index (χ0n) is 23.3. The number of halogens is 3. The highest BCUT2D eigenvalue weighted by Crippen LogP contribution is 2.31. The zero-order chi connectivity index (χ0) is 29.6. The molecule has 0 aromatic heterocycles. The second-order valence-electron chi connectivity index (χ2n) is 10.6. The number of urea groups is 1. The summed E-state index contributed by atoms with van der Waals surface area (Å²) in [6, 6.07) is 9.34. The lowest BCUT2D eigenvalue weighted by Crippen LogP contribution is -2.42. The summed E-state index contributed by atoms with van der Waals surface area (Å²) in [6.07, 6.45) is -3.56. The molecule has 0 unspecified atom stereocenters. The largest absolute Gasteiger partial charge is 0.416 e. The van der Waals surface area contributed by atoms with E-state index in [1.54, 1.807) is 21.9 Å². The Balaban J connectivity index is 1.49. The zero-order valence-corrected chi connectivity index (χ0v) is 23.3. The van der Waals surface area contributed by atoms with Gasteiger partial charge in [-0.05, 0) is 48.7 Å². The Labute approximate surface area is 237 Å². The number of carbonyl (C=O) groups excluding carboxylic acids is 3. The number of hydrogen-bond donors (Lipinski definition) is 2. The third-order valence-electron chi connectivity index (χ3n) is 6.97. The minimum Gasteiger partial charge on any atom is -0.378 e. The van der Waals surface area contributed by atoms with Crippen LogP contribution in [0.15, 0.2) is 42.5 Å². The van der Waals surface area contributed by atoms with Crippen molar-refractivity contribution in [3.05, 3.63) is 53.6 Å². The molecule has 2 aliphatic rings. The summed E-state index contributed by atoms with van der Waals surface area (Å²) < 4.78 is 44.6. The first-order valence-electron chi connectivity index (χ1n) is 13.8. The van der Waals surface area contributed by atoms with Crippen LogP contribution >= 0.6 is 0 Å². The van der Waals surface area contributed by atoms with Crippen LogP contribution in [0.1, 0.15) is 42.6 Å². The number of ether oxygens (including phenoxy) is 1. The third kappa shape index (κ3) is 8.12. The molecule has 9 nitrogen and oxygen atoms in total. The maximum absolute atomic E-state index is 13.6. The van der Waals surface area contributed by atoms with Crippen molar-refractivity contribution in [1.29, 1.82) is 0 Å². The Morgan fingerprint density at radius 3 is 2.32 bits per heavy atom. The van der Waals surface area contributed by atoms with E-state index >= 15 is 0 Å². The first-order valence-corrected chi connectivity index (χ1v) is 13.8. The smallest absolute Gasteiger partial charge is 0.378 e. The monoisotopic (exact) mass is 575 g/mol. The highest BCUT2D eigenvalue weighted by molar-refractivity contribution is 6.02. The van der Waals surface area contributed by atoms with Crippen LogP contribution in [0, 0.1) is 5.92 Å². The van der Waals surface area contributed by atoms with Crippen molar-refractivity contribution in [3.63, 3.8) is 0 Å². The summed E-state index contributed by atoms with van der Waals surface area (Å²) in [5, 5.41) is 5.46. The lowest BCUT2D eigenvalue weighted by Gasteiger charge is -2.30. The fourth-order valence-corrected chi connectivity index (χ4v) is 4.92. The molecule has 4 amide bonds. The minimum atomic E-state index is -4.51. The van der Waals surface area contributed by atoms with E-state index in [4.69, 9.17) is 4.74 Å². The molecule has 0 bridgehead atoms. The van der Waals surface area contributed by atoms with Gasteiger partial charge in [0.25, 0.3) is 5.91 Å². The molecule has 2 N–H and O–H groups in total. The van der Waals surface area contributed by atoms with Crippen LogP contribution in [0.5, 0.6) is 0 Å². The summed E-state index contributed by atoms with van der Waals surface area (Å²) in [5.41, 5.74) is 0.922. The van der Waals surface area contributed by atoms with Crippen LogP contribution in [-0.4, -0.2) is 80.1 Å². The molecule has 0 spiro atoms. The Morgan fingerprint density at radius 2 is 1.61 bits per heavy atom. The Hall–Kier alpha value is -3.80. The van der Waals surface area contributed by atoms with E-state index in [1.807, 2.05) is 24.8 Å². The van der Waals surface area contributed by atoms with Crippen molar-refractivity contribution in [2.45, 2.75) is 32.9 Å². The molecule has 2 aliphatic heterocycles. The van der Waals surface area contributed by atoms with Gasteiger partial charge in [0.2, 0.25) is 5.91 Å². The first-order chi connectivity index (χ1) is 19.5. The molecule has 12 heteroatoms. The van der Waals surface area contributed by atoms with Gasteiger partial charge in [-0.1, -0.05) is 19.9 Å². The molecule has 2 aromatic carbocycles. The number of nitrogens with zero attached hydrogens (tertiary/aromatic N) is 3. The molecule has 2 aromatic rings. The number of rotatable bonds is 6. The summed E-state index contributed by atoms with van der Waals surface area (Å²) in [7, 11) is 0. The molecule has 0 aliphatic carbocycles. The van der Waals surface area contributed by atoms with Gasteiger partial charge in [-0.15, -0.1) is 0 Å².